The predicted octanol–water partition coefficient (Wildman–Crippen LogP) is 1.88. The van der Waals surface area contributed by atoms with Gasteiger partial charge in [-0.05, 0) is 75.9 Å². The van der Waals surface area contributed by atoms with Gasteiger partial charge in [0.1, 0.15) is 0 Å². The van der Waals surface area contributed by atoms with Crippen LogP contribution >= 0.6 is 0 Å². The average Bonchev–Trinajstić information content (AvgIpc) is 3.16. The molecule has 1 aromatic carbocycles. The van der Waals surface area contributed by atoms with Crippen LogP contribution in [0.2, 0.25) is 0 Å². The minimum absolute atomic E-state index is 0.0382. The summed E-state index contributed by atoms with van der Waals surface area (Å²) in [5, 5.41) is 14.4. The van der Waals surface area contributed by atoms with Crippen LogP contribution in [0, 0.1) is 5.92 Å². The van der Waals surface area contributed by atoms with Gasteiger partial charge in [0.25, 0.3) is 0 Å². The molecule has 3 rings (SSSR count). The largest absolute Gasteiger partial charge is 0.326 e. The molecule has 0 atom stereocenters. The van der Waals surface area contributed by atoms with Gasteiger partial charge in [-0.3, -0.25) is 4.79 Å². The number of benzene rings is 1. The topological polar surface area (TPSA) is 119 Å². The molecule has 1 fully saturated rings. The Bertz CT molecular complexity index is 896. The Labute approximate surface area is 165 Å². The second kappa shape index (κ2) is 7.96. The Morgan fingerprint density at radius 1 is 1.11 bits per heavy atom. The van der Waals surface area contributed by atoms with Crippen molar-refractivity contribution in [1.82, 2.24) is 24.9 Å². The highest BCUT2D eigenvalue weighted by Gasteiger charge is 2.34. The lowest BCUT2D eigenvalue weighted by molar-refractivity contribution is -0.120. The zero-order valence-electron chi connectivity index (χ0n) is 16.3. The van der Waals surface area contributed by atoms with Crippen molar-refractivity contribution in [3.8, 4) is 5.69 Å². The van der Waals surface area contributed by atoms with E-state index in [1.807, 2.05) is 0 Å². The number of amides is 1. The van der Waals surface area contributed by atoms with E-state index in [1.165, 1.54) is 11.1 Å². The molecule has 1 aliphatic carbocycles. The molecule has 28 heavy (non-hydrogen) atoms. The Kier molecular flexibility index (Phi) is 5.80. The number of nitrogens with one attached hydrogen (secondary N) is 2. The first-order valence-corrected chi connectivity index (χ1v) is 10.8. The van der Waals surface area contributed by atoms with Crippen LogP contribution in [-0.2, 0) is 14.8 Å². The Hall–Kier alpha value is -2.33. The summed E-state index contributed by atoms with van der Waals surface area (Å²) in [6.45, 7) is 5.04. The maximum absolute atomic E-state index is 12.5. The van der Waals surface area contributed by atoms with Crippen LogP contribution in [0.1, 0.15) is 46.5 Å². The first kappa shape index (κ1) is 20.4. The number of aromatic nitrogens is 4. The first-order chi connectivity index (χ1) is 13.2. The smallest absolute Gasteiger partial charge is 0.227 e. The lowest BCUT2D eigenvalue weighted by Crippen LogP contribution is -2.46. The Balaban J connectivity index is 1.51. The van der Waals surface area contributed by atoms with E-state index >= 15 is 0 Å². The summed E-state index contributed by atoms with van der Waals surface area (Å²) < 4.78 is 26.5. The van der Waals surface area contributed by atoms with E-state index in [0.29, 0.717) is 31.4 Å². The molecule has 1 heterocycles. The minimum Gasteiger partial charge on any atom is -0.326 e. The van der Waals surface area contributed by atoms with Crippen molar-refractivity contribution >= 4 is 21.6 Å². The van der Waals surface area contributed by atoms with Crippen molar-refractivity contribution in [1.29, 1.82) is 0 Å². The molecule has 0 unspecified atom stereocenters. The first-order valence-electron chi connectivity index (χ1n) is 9.32. The van der Waals surface area contributed by atoms with Gasteiger partial charge in [-0.2, -0.15) is 0 Å². The summed E-state index contributed by atoms with van der Waals surface area (Å²) in [6.07, 6.45) is 3.98. The molecule has 0 spiro atoms. The molecule has 0 bridgehead atoms. The number of tetrazole rings is 1. The van der Waals surface area contributed by atoms with Gasteiger partial charge >= 0.3 is 0 Å². The van der Waals surface area contributed by atoms with Gasteiger partial charge in [-0.25, -0.2) is 13.1 Å². The third-order valence-corrected chi connectivity index (χ3v) is 7.20. The maximum atomic E-state index is 12.5. The third-order valence-electron chi connectivity index (χ3n) is 4.94. The van der Waals surface area contributed by atoms with Crippen LogP contribution in [0.4, 0.5) is 5.69 Å². The number of anilines is 1. The van der Waals surface area contributed by atoms with Crippen molar-refractivity contribution < 1.29 is 13.2 Å². The van der Waals surface area contributed by atoms with E-state index in [4.69, 9.17) is 0 Å². The molecule has 0 aliphatic heterocycles. The summed E-state index contributed by atoms with van der Waals surface area (Å²) in [7, 11) is -3.37. The number of nitrogens with zero attached hydrogens (tertiary/aromatic N) is 4. The second-order valence-corrected chi connectivity index (χ2v) is 10.5. The lowest BCUT2D eigenvalue weighted by atomic mass is 9.86. The van der Waals surface area contributed by atoms with Gasteiger partial charge in [0, 0.05) is 17.6 Å². The molecule has 10 heteroatoms. The predicted molar refractivity (Wildman–Crippen MR) is 105 cm³/mol. The molecule has 0 saturated heterocycles. The zero-order chi connectivity index (χ0) is 20.4. The highest BCUT2D eigenvalue weighted by molar-refractivity contribution is 7.90. The molecule has 9 nitrogen and oxygen atoms in total. The Morgan fingerprint density at radius 3 is 2.29 bits per heavy atom. The fraction of sp³-hybridized carbons (Fsp3) is 0.556. The molecule has 152 valence electrons. The van der Waals surface area contributed by atoms with E-state index in [9.17, 15) is 13.2 Å². The van der Waals surface area contributed by atoms with E-state index < -0.39 is 14.8 Å². The fourth-order valence-corrected chi connectivity index (χ4v) is 4.11. The molecule has 1 amide bonds. The number of sulfonamides is 1. The summed E-state index contributed by atoms with van der Waals surface area (Å²) in [6, 6.07) is 7.08. The zero-order valence-corrected chi connectivity index (χ0v) is 17.1. The van der Waals surface area contributed by atoms with Crippen molar-refractivity contribution in [2.24, 2.45) is 5.92 Å². The van der Waals surface area contributed by atoms with Crippen molar-refractivity contribution in [2.75, 3.05) is 5.32 Å². The summed E-state index contributed by atoms with van der Waals surface area (Å²) in [5.41, 5.74) is 1.45. The third kappa shape index (κ3) is 4.74. The summed E-state index contributed by atoms with van der Waals surface area (Å²) >= 11 is 0. The molecule has 0 radical (unpaired) electrons. The van der Waals surface area contributed by atoms with Crippen molar-refractivity contribution in [2.45, 2.75) is 57.2 Å². The molecule has 1 aliphatic rings. The molecule has 1 aromatic heterocycles. The van der Waals surface area contributed by atoms with Gasteiger partial charge in [0.15, 0.2) is 6.33 Å². The van der Waals surface area contributed by atoms with E-state index in [1.54, 1.807) is 45.0 Å². The Morgan fingerprint density at radius 2 is 1.75 bits per heavy atom. The number of carbonyl (C=O) groups is 1. The van der Waals surface area contributed by atoms with Crippen LogP contribution in [0.15, 0.2) is 30.6 Å². The van der Waals surface area contributed by atoms with Crippen LogP contribution < -0.4 is 10.0 Å². The van der Waals surface area contributed by atoms with Crippen LogP contribution in [0.3, 0.4) is 0 Å². The quantitative estimate of drug-likeness (QED) is 0.782. The van der Waals surface area contributed by atoms with Gasteiger partial charge in [0.05, 0.1) is 10.4 Å². The summed E-state index contributed by atoms with van der Waals surface area (Å²) in [4.78, 5) is 13.9. The molecular weight excluding hydrogens is 380 g/mol. The molecule has 1 saturated carbocycles. The SMILES string of the molecule is CC(C)(C)S(=O)(=O)N[C@H]1CC[C@H](C(=O)Nc2ccc(-n3ncnn3)cc2)CC1. The van der Waals surface area contributed by atoms with Crippen LogP contribution in [0.25, 0.3) is 5.69 Å². The van der Waals surface area contributed by atoms with Gasteiger partial charge in [-0.1, -0.05) is 0 Å². The van der Waals surface area contributed by atoms with E-state index in [2.05, 4.69) is 25.4 Å². The van der Waals surface area contributed by atoms with Crippen molar-refractivity contribution in [3.05, 3.63) is 30.6 Å². The van der Waals surface area contributed by atoms with Crippen LogP contribution in [-0.4, -0.2) is 45.3 Å². The monoisotopic (exact) mass is 406 g/mol. The van der Waals surface area contributed by atoms with Crippen molar-refractivity contribution in [3.63, 3.8) is 0 Å². The summed E-state index contributed by atoms with van der Waals surface area (Å²) in [5.74, 6) is -0.157. The lowest BCUT2D eigenvalue weighted by Gasteiger charge is -2.30. The number of rotatable bonds is 5. The van der Waals surface area contributed by atoms with Crippen LogP contribution in [0.5, 0.6) is 0 Å². The molecule has 2 aromatic rings. The van der Waals surface area contributed by atoms with E-state index in [-0.39, 0.29) is 17.9 Å². The molecule has 2 N–H and O–H groups in total. The average molecular weight is 407 g/mol. The second-order valence-electron chi connectivity index (χ2n) is 8.04. The number of carbonyl (C=O) groups excluding carboxylic acids is 1. The molecular formula is C18H26N6O3S. The maximum Gasteiger partial charge on any atom is 0.227 e. The number of hydrogen-bond acceptors (Lipinski definition) is 6. The minimum atomic E-state index is -3.37. The van der Waals surface area contributed by atoms with E-state index in [0.717, 1.165) is 5.69 Å². The standard InChI is InChI=1S/C18H26N6O3S/c1-18(2,3)28(26,27)22-15-6-4-13(5-7-15)17(25)21-14-8-10-16(11-9-14)24-20-12-19-23-24/h8-13,15,22H,4-7H2,1-3H3,(H,21,25)/t13-,15-. The van der Waals surface area contributed by atoms with Gasteiger partial charge in [0.2, 0.25) is 15.9 Å². The highest BCUT2D eigenvalue weighted by Crippen LogP contribution is 2.27. The fourth-order valence-electron chi connectivity index (χ4n) is 3.08. The van der Waals surface area contributed by atoms with Gasteiger partial charge in [-0.15, -0.1) is 15.0 Å². The normalized spacial score (nSPS) is 20.7. The number of hydrogen-bond donors (Lipinski definition) is 2. The van der Waals surface area contributed by atoms with Gasteiger partial charge < -0.3 is 5.32 Å². The highest BCUT2D eigenvalue weighted by atomic mass is 32.2.